The van der Waals surface area contributed by atoms with Gasteiger partial charge in [-0.1, -0.05) is 11.6 Å². The first-order valence-corrected chi connectivity index (χ1v) is 20.5. The highest BCUT2D eigenvalue weighted by atomic mass is 35.5. The van der Waals surface area contributed by atoms with Crippen LogP contribution in [0.4, 0.5) is 32.2 Å². The van der Waals surface area contributed by atoms with Gasteiger partial charge in [0.05, 0.1) is 39.3 Å². The maximum absolute atomic E-state index is 15.5. The van der Waals surface area contributed by atoms with Gasteiger partial charge in [0.15, 0.2) is 17.3 Å². The minimum Gasteiger partial charge on any atom is -0.344 e. The van der Waals surface area contributed by atoms with Crippen molar-refractivity contribution in [3.05, 3.63) is 110 Å². The molecule has 2 aliphatic rings. The Morgan fingerprint density at radius 2 is 1.79 bits per heavy atom. The molecule has 5 heterocycles. The number of carbonyl (C=O) groups is 1. The molecule has 16 nitrogen and oxygen atoms in total. The molecule has 316 valence electrons. The van der Waals surface area contributed by atoms with Gasteiger partial charge in [0.25, 0.3) is 17.9 Å². The third-order valence-corrected chi connectivity index (χ3v) is 11.4. The Kier molecular flexibility index (Phi) is 9.27. The molecular formula is C37H29ClF6N12O4S. The standard InChI is InChI=1S/C37H29ClF6N12O4S/c1-15-45-14-55(49-15)25-7-4-19-33(47-25)48-35(56(36(19)58)24-6-5-22(38)28-30(24)53(2)51-34(28)52-61(3,59)60)23(10-16-8-17(39)11-18(40)9-16)46-26(57)13-54-31-27(29(50-54)32(41)42)20-12-21(20)37(31,43)44/h4-9,11,14,20-21,23,32H,10,12-13H2,1-3H3,(H,46,57)(H,51,52)/t20-,21+,23-/m0/s1. The summed E-state index contributed by atoms with van der Waals surface area (Å²) in [5.41, 5.74) is -2.97. The van der Waals surface area contributed by atoms with Crippen molar-refractivity contribution in [3.63, 3.8) is 0 Å². The highest BCUT2D eigenvalue weighted by Crippen LogP contribution is 2.68. The highest BCUT2D eigenvalue weighted by molar-refractivity contribution is 7.92. The van der Waals surface area contributed by atoms with Crippen molar-refractivity contribution < 1.29 is 39.6 Å². The number of nitrogens with zero attached hydrogens (tertiary/aromatic N) is 10. The van der Waals surface area contributed by atoms with E-state index in [-0.39, 0.29) is 67.7 Å². The number of alkyl halides is 4. The largest absolute Gasteiger partial charge is 0.344 e. The molecule has 7 aromatic rings. The molecule has 1 saturated carbocycles. The van der Waals surface area contributed by atoms with E-state index in [1.54, 1.807) is 6.92 Å². The zero-order valence-electron chi connectivity index (χ0n) is 31.7. The number of amides is 1. The lowest BCUT2D eigenvalue weighted by molar-refractivity contribution is -0.123. The summed E-state index contributed by atoms with van der Waals surface area (Å²) in [6.07, 6.45) is -1.47. The average Bonchev–Trinajstić information content (AvgIpc) is 3.39. The van der Waals surface area contributed by atoms with Gasteiger partial charge in [-0.15, -0.1) is 0 Å². The fourth-order valence-corrected chi connectivity index (χ4v) is 8.77. The quantitative estimate of drug-likeness (QED) is 0.161. The van der Waals surface area contributed by atoms with E-state index >= 15 is 8.78 Å². The summed E-state index contributed by atoms with van der Waals surface area (Å²) >= 11 is 6.60. The van der Waals surface area contributed by atoms with Crippen molar-refractivity contribution in [1.29, 1.82) is 0 Å². The Hall–Kier alpha value is -6.36. The molecule has 0 bridgehead atoms. The van der Waals surface area contributed by atoms with E-state index in [0.29, 0.717) is 16.6 Å². The second-order valence-corrected chi connectivity index (χ2v) is 17.0. The number of aryl methyl sites for hydroxylation is 2. The number of benzene rings is 2. The lowest BCUT2D eigenvalue weighted by Gasteiger charge is -2.24. The highest BCUT2D eigenvalue weighted by Gasteiger charge is 2.67. The molecule has 0 radical (unpaired) electrons. The number of pyridine rings is 1. The molecule has 1 fully saturated rings. The summed E-state index contributed by atoms with van der Waals surface area (Å²) in [7, 11) is -2.48. The Morgan fingerprint density at radius 1 is 1.05 bits per heavy atom. The molecule has 0 unspecified atom stereocenters. The normalized spacial score (nSPS) is 17.2. The number of sulfonamides is 1. The number of hydrogen-bond donors (Lipinski definition) is 2. The van der Waals surface area contributed by atoms with Gasteiger partial charge in [0.2, 0.25) is 15.9 Å². The number of halogens is 7. The molecule has 0 saturated heterocycles. The predicted molar refractivity (Wildman–Crippen MR) is 205 cm³/mol. The summed E-state index contributed by atoms with van der Waals surface area (Å²) < 4.78 is 120. The average molecular weight is 887 g/mol. The lowest BCUT2D eigenvalue weighted by Crippen LogP contribution is -2.38. The zero-order valence-corrected chi connectivity index (χ0v) is 33.3. The summed E-state index contributed by atoms with van der Waals surface area (Å²) in [5, 5.41) is 14.9. The van der Waals surface area contributed by atoms with E-state index in [1.165, 1.54) is 47.0 Å². The number of nitrogens with one attached hydrogen (secondary N) is 2. The van der Waals surface area contributed by atoms with Crippen molar-refractivity contribution in [2.45, 2.75) is 50.6 Å². The van der Waals surface area contributed by atoms with Crippen molar-refractivity contribution in [1.82, 2.24) is 54.2 Å². The van der Waals surface area contributed by atoms with Gasteiger partial charge in [0.1, 0.15) is 47.5 Å². The van der Waals surface area contributed by atoms with Crippen molar-refractivity contribution in [2.75, 3.05) is 11.0 Å². The van der Waals surface area contributed by atoms with Gasteiger partial charge in [-0.05, 0) is 61.2 Å². The fraction of sp³-hybridized carbons (Fsp3) is 0.297. The summed E-state index contributed by atoms with van der Waals surface area (Å²) in [6, 6.07) is 6.57. The van der Waals surface area contributed by atoms with Crippen LogP contribution in [-0.4, -0.2) is 69.4 Å². The number of aromatic nitrogens is 10. The second-order valence-electron chi connectivity index (χ2n) is 14.8. The molecule has 1 amide bonds. The molecular weight excluding hydrogens is 858 g/mol. The topological polar surface area (TPSA) is 189 Å². The Morgan fingerprint density at radius 3 is 2.46 bits per heavy atom. The van der Waals surface area contributed by atoms with Crippen molar-refractivity contribution >= 4 is 55.3 Å². The Bertz CT molecular complexity index is 3150. The van der Waals surface area contributed by atoms with Gasteiger partial charge in [-0.3, -0.25) is 28.2 Å². The van der Waals surface area contributed by atoms with Gasteiger partial charge < -0.3 is 5.32 Å². The van der Waals surface area contributed by atoms with Crippen LogP contribution in [0.3, 0.4) is 0 Å². The monoisotopic (exact) mass is 886 g/mol. The molecule has 2 aliphatic carbocycles. The van der Waals surface area contributed by atoms with E-state index in [0.717, 1.165) is 23.0 Å². The van der Waals surface area contributed by atoms with Crippen molar-refractivity contribution in [2.24, 2.45) is 13.0 Å². The van der Waals surface area contributed by atoms with Crippen LogP contribution in [-0.2, 0) is 40.8 Å². The molecule has 0 aliphatic heterocycles. The fourth-order valence-electron chi connectivity index (χ4n) is 8.03. The minimum absolute atomic E-state index is 0.0122. The van der Waals surface area contributed by atoms with Crippen LogP contribution in [0, 0.1) is 24.5 Å². The number of rotatable bonds is 11. The Balaban J connectivity index is 1.26. The summed E-state index contributed by atoms with van der Waals surface area (Å²) in [6.45, 7) is 0.629. The molecule has 0 spiro atoms. The molecule has 2 N–H and O–H groups in total. The van der Waals surface area contributed by atoms with Gasteiger partial charge in [0, 0.05) is 31.0 Å². The van der Waals surface area contributed by atoms with Crippen LogP contribution in [0.1, 0.15) is 59.0 Å². The molecule has 2 aromatic carbocycles. The summed E-state index contributed by atoms with van der Waals surface area (Å²) in [4.78, 5) is 42.3. The van der Waals surface area contributed by atoms with E-state index in [9.17, 15) is 35.6 Å². The van der Waals surface area contributed by atoms with Crippen LogP contribution in [0.5, 0.6) is 0 Å². The maximum atomic E-state index is 15.5. The second kappa shape index (κ2) is 14.1. The van der Waals surface area contributed by atoms with Gasteiger partial charge in [-0.25, -0.2) is 45.6 Å². The molecule has 24 heteroatoms. The minimum atomic E-state index is -3.92. The first-order chi connectivity index (χ1) is 28.8. The van der Waals surface area contributed by atoms with Crippen LogP contribution in [0.25, 0.3) is 33.4 Å². The molecule has 9 rings (SSSR count). The number of carbonyl (C=O) groups excluding carboxylic acids is 1. The number of hydrogen-bond acceptors (Lipinski definition) is 10. The molecule has 61 heavy (non-hydrogen) atoms. The zero-order chi connectivity index (χ0) is 43.4. The molecule has 5 aromatic heterocycles. The first-order valence-electron chi connectivity index (χ1n) is 18.3. The summed E-state index contributed by atoms with van der Waals surface area (Å²) in [5.74, 6) is -8.65. The van der Waals surface area contributed by atoms with E-state index in [1.807, 2.05) is 0 Å². The third-order valence-electron chi connectivity index (χ3n) is 10.5. The number of anilines is 1. The predicted octanol–water partition coefficient (Wildman–Crippen LogP) is 5.30. The van der Waals surface area contributed by atoms with Crippen molar-refractivity contribution in [3.8, 4) is 11.5 Å². The van der Waals surface area contributed by atoms with Crippen LogP contribution >= 0.6 is 11.6 Å². The SMILES string of the molecule is Cc1ncn(-c2ccc3c(=O)n(-c4ccc(Cl)c5c(NS(C)(=O)=O)nn(C)c45)c([C@H](Cc4cc(F)cc(F)c4)NC(=O)Cn4nc(C(F)F)c5c4C(F)(F)[C@@H]4C[C@H]54)nc3n2)n1. The van der Waals surface area contributed by atoms with E-state index in [4.69, 9.17) is 16.6 Å². The third kappa shape index (κ3) is 6.93. The van der Waals surface area contributed by atoms with Gasteiger partial charge in [-0.2, -0.15) is 24.1 Å². The van der Waals surface area contributed by atoms with Gasteiger partial charge >= 0.3 is 0 Å². The van der Waals surface area contributed by atoms with Crippen LogP contribution < -0.4 is 15.6 Å². The Labute approximate surface area is 344 Å². The molecule has 3 atom stereocenters. The lowest BCUT2D eigenvalue weighted by atomic mass is 10.0. The van der Waals surface area contributed by atoms with E-state index < -0.39 is 87.7 Å². The maximum Gasteiger partial charge on any atom is 0.293 e. The smallest absolute Gasteiger partial charge is 0.293 e. The van der Waals surface area contributed by atoms with E-state index in [2.05, 4.69) is 35.3 Å². The van der Waals surface area contributed by atoms with Crippen LogP contribution in [0.2, 0.25) is 5.02 Å². The van der Waals surface area contributed by atoms with Crippen LogP contribution in [0.15, 0.2) is 53.6 Å². The number of fused-ring (bicyclic) bond motifs is 5. The first kappa shape index (κ1) is 40.1.